The van der Waals surface area contributed by atoms with E-state index < -0.39 is 6.09 Å². The number of fused-ring (bicyclic) bond motifs is 1. The Morgan fingerprint density at radius 2 is 2.35 bits per heavy atom. The number of imidazole rings is 1. The molecule has 0 spiro atoms. The van der Waals surface area contributed by atoms with E-state index in [-0.39, 0.29) is 5.92 Å². The lowest BCUT2D eigenvalue weighted by atomic mass is 9.97. The predicted molar refractivity (Wildman–Crippen MR) is 76.7 cm³/mol. The van der Waals surface area contributed by atoms with Crippen LogP contribution in [0.15, 0.2) is 17.0 Å². The second-order valence-electron chi connectivity index (χ2n) is 4.86. The van der Waals surface area contributed by atoms with Gasteiger partial charge in [0.15, 0.2) is 5.82 Å². The summed E-state index contributed by atoms with van der Waals surface area (Å²) < 4.78 is 2.54. The van der Waals surface area contributed by atoms with Crippen LogP contribution in [0.1, 0.15) is 24.6 Å². The summed E-state index contributed by atoms with van der Waals surface area (Å²) in [6, 6.07) is 0. The molecule has 1 aliphatic heterocycles. The van der Waals surface area contributed by atoms with E-state index in [0.717, 1.165) is 24.2 Å². The van der Waals surface area contributed by atoms with Crippen molar-refractivity contribution in [2.75, 3.05) is 18.8 Å². The van der Waals surface area contributed by atoms with E-state index >= 15 is 0 Å². The average Bonchev–Trinajstić information content (AvgIpc) is 2.78. The number of anilines is 1. The van der Waals surface area contributed by atoms with Crippen LogP contribution in [0.3, 0.4) is 0 Å². The Kier molecular flexibility index (Phi) is 3.25. The van der Waals surface area contributed by atoms with Gasteiger partial charge in [-0.2, -0.15) is 0 Å². The van der Waals surface area contributed by atoms with Crippen LogP contribution in [-0.4, -0.2) is 43.6 Å². The quantitative estimate of drug-likeness (QED) is 0.827. The molecular weight excluding hydrogens is 326 g/mol. The first-order valence-corrected chi connectivity index (χ1v) is 7.13. The van der Waals surface area contributed by atoms with Crippen LogP contribution in [0.5, 0.6) is 0 Å². The summed E-state index contributed by atoms with van der Waals surface area (Å²) in [5.41, 5.74) is 6.60. The summed E-state index contributed by atoms with van der Waals surface area (Å²) in [7, 11) is 0. The molecule has 0 unspecified atom stereocenters. The average molecular weight is 340 g/mol. The van der Waals surface area contributed by atoms with Gasteiger partial charge >= 0.3 is 6.09 Å². The number of halogens is 1. The van der Waals surface area contributed by atoms with E-state index in [1.807, 2.05) is 4.40 Å². The van der Waals surface area contributed by atoms with Crippen LogP contribution in [0.25, 0.3) is 5.52 Å². The third-order valence-electron chi connectivity index (χ3n) is 3.62. The van der Waals surface area contributed by atoms with Gasteiger partial charge in [0, 0.05) is 31.4 Å². The van der Waals surface area contributed by atoms with E-state index in [1.54, 1.807) is 12.4 Å². The standard InChI is InChI=1S/C12H14BrN5O2/c13-9-8-10(14)15-3-5-18(8)11(16-9)7-2-1-4-17(6-7)12(19)20/h3,5,7H,1-2,4,6H2,(H2,14,15)(H,19,20)/t7-/m1/s1. The maximum absolute atomic E-state index is 11.1. The van der Waals surface area contributed by atoms with E-state index in [4.69, 9.17) is 10.8 Å². The molecule has 0 saturated carbocycles. The summed E-state index contributed by atoms with van der Waals surface area (Å²) in [6.07, 6.45) is 4.30. The number of likely N-dealkylation sites (tertiary alicyclic amines) is 1. The monoisotopic (exact) mass is 339 g/mol. The first kappa shape index (κ1) is 13.2. The highest BCUT2D eigenvalue weighted by molar-refractivity contribution is 9.10. The Labute approximate surface area is 123 Å². The summed E-state index contributed by atoms with van der Waals surface area (Å²) in [5, 5.41) is 9.12. The fourth-order valence-corrected chi connectivity index (χ4v) is 3.27. The van der Waals surface area contributed by atoms with Crippen molar-refractivity contribution in [2.45, 2.75) is 18.8 Å². The number of piperidine rings is 1. The number of nitrogen functional groups attached to an aromatic ring is 1. The van der Waals surface area contributed by atoms with Crippen LogP contribution in [0, 0.1) is 0 Å². The van der Waals surface area contributed by atoms with Gasteiger partial charge in [0.2, 0.25) is 0 Å². The second-order valence-corrected chi connectivity index (χ2v) is 5.61. The zero-order valence-electron chi connectivity index (χ0n) is 10.7. The van der Waals surface area contributed by atoms with Gasteiger partial charge in [-0.05, 0) is 28.8 Å². The molecule has 3 heterocycles. The first-order valence-electron chi connectivity index (χ1n) is 6.33. The molecule has 0 aliphatic carbocycles. The summed E-state index contributed by atoms with van der Waals surface area (Å²) >= 11 is 3.40. The largest absolute Gasteiger partial charge is 0.465 e. The summed E-state index contributed by atoms with van der Waals surface area (Å²) in [5.74, 6) is 1.30. The second kappa shape index (κ2) is 4.93. The molecule has 2 aromatic heterocycles. The number of amides is 1. The lowest BCUT2D eigenvalue weighted by Gasteiger charge is -2.29. The van der Waals surface area contributed by atoms with Crippen LogP contribution in [0.4, 0.5) is 10.6 Å². The molecule has 3 N–H and O–H groups in total. The van der Waals surface area contributed by atoms with Crippen molar-refractivity contribution < 1.29 is 9.90 Å². The van der Waals surface area contributed by atoms with Crippen molar-refractivity contribution in [3.63, 3.8) is 0 Å². The molecule has 106 valence electrons. The third kappa shape index (κ3) is 2.09. The molecule has 2 aromatic rings. The molecule has 0 radical (unpaired) electrons. The normalized spacial score (nSPS) is 19.4. The van der Waals surface area contributed by atoms with Crippen molar-refractivity contribution >= 4 is 33.4 Å². The SMILES string of the molecule is Nc1nccn2c([C@@H]3CCCN(C(=O)O)C3)nc(Br)c12. The number of hydrogen-bond acceptors (Lipinski definition) is 4. The van der Waals surface area contributed by atoms with Crippen LogP contribution >= 0.6 is 15.9 Å². The minimum Gasteiger partial charge on any atom is -0.465 e. The van der Waals surface area contributed by atoms with Gasteiger partial charge in [-0.3, -0.25) is 4.40 Å². The molecule has 3 rings (SSSR count). The van der Waals surface area contributed by atoms with Gasteiger partial charge < -0.3 is 15.7 Å². The Bertz CT molecular complexity index is 671. The van der Waals surface area contributed by atoms with Crippen molar-refractivity contribution in [1.29, 1.82) is 0 Å². The van der Waals surface area contributed by atoms with Crippen molar-refractivity contribution in [3.05, 3.63) is 22.8 Å². The molecule has 1 atom stereocenters. The van der Waals surface area contributed by atoms with E-state index in [1.165, 1.54) is 4.90 Å². The highest BCUT2D eigenvalue weighted by Crippen LogP contribution is 2.31. The molecular formula is C12H14BrN5O2. The minimum absolute atomic E-state index is 0.0699. The van der Waals surface area contributed by atoms with Crippen LogP contribution < -0.4 is 5.73 Å². The van der Waals surface area contributed by atoms with Gasteiger partial charge in [0.05, 0.1) is 0 Å². The highest BCUT2D eigenvalue weighted by atomic mass is 79.9. The summed E-state index contributed by atoms with van der Waals surface area (Å²) in [6.45, 7) is 1.04. The molecule has 7 nitrogen and oxygen atoms in total. The number of nitrogens with zero attached hydrogens (tertiary/aromatic N) is 4. The van der Waals surface area contributed by atoms with Gasteiger partial charge in [0.25, 0.3) is 0 Å². The highest BCUT2D eigenvalue weighted by Gasteiger charge is 2.28. The van der Waals surface area contributed by atoms with Crippen molar-refractivity contribution in [1.82, 2.24) is 19.3 Å². The fourth-order valence-electron chi connectivity index (χ4n) is 2.69. The van der Waals surface area contributed by atoms with Gasteiger partial charge in [-0.15, -0.1) is 0 Å². The number of carbonyl (C=O) groups is 1. The maximum Gasteiger partial charge on any atom is 0.407 e. The lowest BCUT2D eigenvalue weighted by Crippen LogP contribution is -2.38. The third-order valence-corrected chi connectivity index (χ3v) is 4.18. The number of hydrogen-bond donors (Lipinski definition) is 2. The molecule has 1 amide bonds. The fraction of sp³-hybridized carbons (Fsp3) is 0.417. The van der Waals surface area contributed by atoms with E-state index in [2.05, 4.69) is 25.9 Å². The summed E-state index contributed by atoms with van der Waals surface area (Å²) in [4.78, 5) is 21.1. The number of aromatic nitrogens is 3. The lowest BCUT2D eigenvalue weighted by molar-refractivity contribution is 0.129. The topological polar surface area (TPSA) is 96.8 Å². The zero-order valence-corrected chi connectivity index (χ0v) is 12.2. The number of carboxylic acid groups (broad SMARTS) is 1. The first-order chi connectivity index (χ1) is 9.58. The number of rotatable bonds is 1. The Balaban J connectivity index is 2.02. The van der Waals surface area contributed by atoms with Crippen LogP contribution in [-0.2, 0) is 0 Å². The Morgan fingerprint density at radius 3 is 3.10 bits per heavy atom. The Morgan fingerprint density at radius 1 is 1.55 bits per heavy atom. The van der Waals surface area contributed by atoms with Gasteiger partial charge in [0.1, 0.15) is 15.9 Å². The van der Waals surface area contributed by atoms with Gasteiger partial charge in [-0.25, -0.2) is 14.8 Å². The maximum atomic E-state index is 11.1. The van der Waals surface area contributed by atoms with E-state index in [0.29, 0.717) is 23.5 Å². The molecule has 8 heteroatoms. The predicted octanol–water partition coefficient (Wildman–Crippen LogP) is 1.93. The Hall–Kier alpha value is -1.83. The van der Waals surface area contributed by atoms with E-state index in [9.17, 15) is 4.79 Å². The molecule has 20 heavy (non-hydrogen) atoms. The molecule has 1 saturated heterocycles. The van der Waals surface area contributed by atoms with Crippen LogP contribution in [0.2, 0.25) is 0 Å². The zero-order chi connectivity index (χ0) is 14.3. The molecule has 1 aliphatic rings. The smallest absolute Gasteiger partial charge is 0.407 e. The number of nitrogens with two attached hydrogens (primary N) is 1. The van der Waals surface area contributed by atoms with Crippen molar-refractivity contribution in [2.24, 2.45) is 0 Å². The molecule has 1 fully saturated rings. The van der Waals surface area contributed by atoms with Crippen molar-refractivity contribution in [3.8, 4) is 0 Å². The minimum atomic E-state index is -0.879. The molecule has 0 bridgehead atoms. The molecule has 0 aromatic carbocycles. The van der Waals surface area contributed by atoms with Gasteiger partial charge in [-0.1, -0.05) is 0 Å².